The molecular formula is C34H37N7O2. The van der Waals surface area contributed by atoms with Gasteiger partial charge in [-0.25, -0.2) is 9.98 Å². The van der Waals surface area contributed by atoms with Gasteiger partial charge in [-0.2, -0.15) is 0 Å². The average molecular weight is 576 g/mol. The Morgan fingerprint density at radius 2 is 1.88 bits per heavy atom. The van der Waals surface area contributed by atoms with Gasteiger partial charge in [-0.05, 0) is 85.7 Å². The predicted octanol–water partition coefficient (Wildman–Crippen LogP) is 5.68. The summed E-state index contributed by atoms with van der Waals surface area (Å²) in [5.74, 6) is -0.0182. The monoisotopic (exact) mass is 575 g/mol. The van der Waals surface area contributed by atoms with Crippen molar-refractivity contribution in [1.82, 2.24) is 30.2 Å². The van der Waals surface area contributed by atoms with Crippen molar-refractivity contribution < 1.29 is 9.59 Å². The van der Waals surface area contributed by atoms with Crippen LogP contribution < -0.4 is 10.6 Å². The lowest BCUT2D eigenvalue weighted by Gasteiger charge is -2.30. The largest absolute Gasteiger partial charge is 0.352 e. The van der Waals surface area contributed by atoms with E-state index in [0.29, 0.717) is 5.95 Å². The fourth-order valence-corrected chi connectivity index (χ4v) is 5.56. The molecule has 4 aromatic rings. The van der Waals surface area contributed by atoms with E-state index in [1.807, 2.05) is 63.0 Å². The summed E-state index contributed by atoms with van der Waals surface area (Å²) in [6.45, 7) is 11.6. The Balaban J connectivity index is 1.24. The van der Waals surface area contributed by atoms with E-state index in [9.17, 15) is 9.59 Å². The summed E-state index contributed by atoms with van der Waals surface area (Å²) < 4.78 is 2.01. The fourth-order valence-electron chi connectivity index (χ4n) is 5.56. The number of benzene rings is 1. The van der Waals surface area contributed by atoms with Crippen LogP contribution >= 0.6 is 0 Å². The number of aromatic nitrogens is 4. The fraction of sp³-hybridized carbons (Fsp3) is 0.353. The summed E-state index contributed by atoms with van der Waals surface area (Å²) in [5.41, 5.74) is 4.68. The first-order valence-corrected chi connectivity index (χ1v) is 14.7. The van der Waals surface area contributed by atoms with Gasteiger partial charge in [0.05, 0.1) is 17.4 Å². The number of allylic oxidation sites excluding steroid dienone is 1. The molecule has 1 aromatic carbocycles. The van der Waals surface area contributed by atoms with Gasteiger partial charge < -0.3 is 10.6 Å². The molecular weight excluding hydrogens is 538 g/mol. The second-order valence-electron chi connectivity index (χ2n) is 12.8. The number of rotatable bonds is 9. The maximum absolute atomic E-state index is 13.1. The van der Waals surface area contributed by atoms with E-state index in [1.165, 1.54) is 5.56 Å². The van der Waals surface area contributed by atoms with Crippen molar-refractivity contribution in [2.75, 3.05) is 0 Å². The summed E-state index contributed by atoms with van der Waals surface area (Å²) in [7, 11) is 0. The maximum atomic E-state index is 13.1. The van der Waals surface area contributed by atoms with E-state index in [4.69, 9.17) is 0 Å². The molecule has 3 aromatic heterocycles. The van der Waals surface area contributed by atoms with Gasteiger partial charge in [0, 0.05) is 35.4 Å². The number of nitrogens with zero attached hydrogens (tertiary/aromatic N) is 5. The number of aliphatic imine (C=N–C) groups is 1. The number of imidazole rings is 1. The van der Waals surface area contributed by atoms with Crippen molar-refractivity contribution in [3.05, 3.63) is 83.6 Å². The summed E-state index contributed by atoms with van der Waals surface area (Å²) in [5, 5.41) is 7.02. The number of carbonyl (C=O) groups is 2. The summed E-state index contributed by atoms with van der Waals surface area (Å²) in [6.07, 6.45) is 11.4. The van der Waals surface area contributed by atoms with Gasteiger partial charge >= 0.3 is 0 Å². The van der Waals surface area contributed by atoms with Crippen LogP contribution in [-0.4, -0.2) is 50.1 Å². The number of hydrogen-bond acceptors (Lipinski definition) is 6. The van der Waals surface area contributed by atoms with Gasteiger partial charge in [-0.15, -0.1) is 0 Å². The molecule has 1 atom stereocenters. The molecule has 0 bridgehead atoms. The van der Waals surface area contributed by atoms with Crippen molar-refractivity contribution in [1.29, 1.82) is 0 Å². The third kappa shape index (κ3) is 5.71. The second kappa shape index (κ2) is 10.9. The van der Waals surface area contributed by atoms with Gasteiger partial charge in [0.25, 0.3) is 5.91 Å². The molecule has 9 heteroatoms. The molecule has 0 saturated heterocycles. The van der Waals surface area contributed by atoms with Gasteiger partial charge in [0.15, 0.2) is 0 Å². The van der Waals surface area contributed by atoms with Gasteiger partial charge in [-0.1, -0.05) is 39.0 Å². The molecule has 2 N–H and O–H groups in total. The van der Waals surface area contributed by atoms with Gasteiger partial charge in [0.1, 0.15) is 11.7 Å². The first-order chi connectivity index (χ1) is 20.6. The van der Waals surface area contributed by atoms with Crippen LogP contribution in [0.25, 0.3) is 22.7 Å². The van der Waals surface area contributed by atoms with Crippen LogP contribution in [0, 0.1) is 5.41 Å². The SMILES string of the molecule is C=Nc1ncc(C2(c3ccc4ncccc4c3)CC2)n1/C=C(\C)c1ccc(C(=O)N[C@H](C(=O)NC2CC2)C(C)(C)C)nc1. The van der Waals surface area contributed by atoms with Crippen LogP contribution in [0.15, 0.2) is 66.0 Å². The Labute approximate surface area is 251 Å². The Morgan fingerprint density at radius 3 is 2.53 bits per heavy atom. The molecule has 2 aliphatic rings. The Hall–Kier alpha value is -4.66. The number of nitrogens with one attached hydrogen (secondary N) is 2. The van der Waals surface area contributed by atoms with Crippen molar-refractivity contribution in [3.63, 3.8) is 0 Å². The molecule has 2 aliphatic carbocycles. The van der Waals surface area contributed by atoms with Crippen molar-refractivity contribution in [2.24, 2.45) is 10.4 Å². The van der Waals surface area contributed by atoms with Gasteiger partial charge in [-0.3, -0.25) is 24.1 Å². The number of carbonyl (C=O) groups excluding carboxylic acids is 2. The zero-order chi connectivity index (χ0) is 30.4. The first kappa shape index (κ1) is 28.5. The molecule has 0 spiro atoms. The Morgan fingerprint density at radius 1 is 1.09 bits per heavy atom. The molecule has 2 saturated carbocycles. The van der Waals surface area contributed by atoms with E-state index >= 15 is 0 Å². The molecule has 2 fully saturated rings. The van der Waals surface area contributed by atoms with Crippen LogP contribution in [0.1, 0.15) is 80.7 Å². The van der Waals surface area contributed by atoms with Crippen LogP contribution in [-0.2, 0) is 10.2 Å². The molecule has 6 rings (SSSR count). The lowest BCUT2D eigenvalue weighted by atomic mass is 9.86. The van der Waals surface area contributed by atoms with E-state index in [1.54, 1.807) is 12.3 Å². The highest BCUT2D eigenvalue weighted by Crippen LogP contribution is 2.54. The Bertz CT molecular complexity index is 1740. The first-order valence-electron chi connectivity index (χ1n) is 14.7. The maximum Gasteiger partial charge on any atom is 0.270 e. The van der Waals surface area contributed by atoms with E-state index in [0.717, 1.165) is 53.4 Å². The van der Waals surface area contributed by atoms with E-state index in [-0.39, 0.29) is 29.0 Å². The number of pyridine rings is 2. The van der Waals surface area contributed by atoms with E-state index in [2.05, 4.69) is 61.6 Å². The zero-order valence-corrected chi connectivity index (χ0v) is 25.1. The zero-order valence-electron chi connectivity index (χ0n) is 25.1. The van der Waals surface area contributed by atoms with Crippen molar-refractivity contribution in [3.8, 4) is 0 Å². The minimum atomic E-state index is -0.665. The number of amides is 2. The van der Waals surface area contributed by atoms with Crippen molar-refractivity contribution >= 4 is 47.2 Å². The molecule has 0 radical (unpaired) electrons. The molecule has 2 amide bonds. The number of hydrogen-bond donors (Lipinski definition) is 2. The molecule has 9 nitrogen and oxygen atoms in total. The molecule has 220 valence electrons. The standard InChI is InChI=1S/C34H37N7O2/c1-21(23-8-12-27(37-18-23)30(42)40-29(33(2,3)4)31(43)39-25-10-11-25)20-41-28(19-38-32(41)35-5)34(14-15-34)24-9-13-26-22(17-24)7-6-16-36-26/h6-9,12-13,16-20,25,29H,5,10-11,14-15H2,1-4H3,(H,39,43)(H,40,42)/b21-20+/t29-/m1/s1. The average Bonchev–Trinajstić information content (AvgIpc) is 3.94. The highest BCUT2D eigenvalue weighted by atomic mass is 16.2. The predicted molar refractivity (Wildman–Crippen MR) is 169 cm³/mol. The van der Waals surface area contributed by atoms with Crippen molar-refractivity contribution in [2.45, 2.75) is 70.9 Å². The van der Waals surface area contributed by atoms with Crippen LogP contribution in [0.3, 0.4) is 0 Å². The molecule has 0 aliphatic heterocycles. The van der Waals surface area contributed by atoms with Crippen LogP contribution in [0.4, 0.5) is 5.95 Å². The lowest BCUT2D eigenvalue weighted by Crippen LogP contribution is -2.54. The second-order valence-corrected chi connectivity index (χ2v) is 12.8. The lowest BCUT2D eigenvalue weighted by molar-refractivity contribution is -0.125. The molecule has 0 unspecified atom stereocenters. The minimum Gasteiger partial charge on any atom is -0.352 e. The summed E-state index contributed by atoms with van der Waals surface area (Å²) in [4.78, 5) is 43.6. The van der Waals surface area contributed by atoms with Gasteiger partial charge in [0.2, 0.25) is 11.9 Å². The topological polar surface area (TPSA) is 114 Å². The van der Waals surface area contributed by atoms with E-state index < -0.39 is 11.5 Å². The summed E-state index contributed by atoms with van der Waals surface area (Å²) in [6, 6.07) is 13.6. The summed E-state index contributed by atoms with van der Waals surface area (Å²) >= 11 is 0. The highest BCUT2D eigenvalue weighted by molar-refractivity contribution is 5.96. The molecule has 3 heterocycles. The Kier molecular flexibility index (Phi) is 7.20. The smallest absolute Gasteiger partial charge is 0.270 e. The normalized spacial score (nSPS) is 16.9. The third-order valence-electron chi connectivity index (χ3n) is 8.42. The van der Waals surface area contributed by atoms with Crippen LogP contribution in [0.2, 0.25) is 0 Å². The highest BCUT2D eigenvalue weighted by Gasteiger charge is 2.48. The third-order valence-corrected chi connectivity index (χ3v) is 8.42. The quantitative estimate of drug-likeness (QED) is 0.249. The van der Waals surface area contributed by atoms with Crippen LogP contribution in [0.5, 0.6) is 0 Å². The number of fused-ring (bicyclic) bond motifs is 1. The molecule has 43 heavy (non-hydrogen) atoms. The minimum absolute atomic E-state index is 0.157.